The first-order valence-corrected chi connectivity index (χ1v) is 6.40. The van der Waals surface area contributed by atoms with Crippen molar-refractivity contribution in [2.45, 2.75) is 32.4 Å². The van der Waals surface area contributed by atoms with Crippen molar-refractivity contribution in [3.05, 3.63) is 36.2 Å². The number of nitrogens with zero attached hydrogens (tertiary/aromatic N) is 4. The molecule has 0 saturated carbocycles. The fourth-order valence-corrected chi connectivity index (χ4v) is 2.16. The Hall–Kier alpha value is -1.62. The van der Waals surface area contributed by atoms with Crippen LogP contribution in [-0.4, -0.2) is 26.4 Å². The van der Waals surface area contributed by atoms with Crippen LogP contribution < -0.4 is 5.32 Å². The Morgan fingerprint density at radius 1 is 1.44 bits per heavy atom. The van der Waals surface area contributed by atoms with Crippen molar-refractivity contribution in [2.24, 2.45) is 7.05 Å². The van der Waals surface area contributed by atoms with Gasteiger partial charge in [-0.3, -0.25) is 4.68 Å². The van der Waals surface area contributed by atoms with Crippen molar-refractivity contribution >= 4 is 0 Å². The minimum absolute atomic E-state index is 0.441. The molecule has 0 aliphatic carbocycles. The monoisotopic (exact) mass is 247 g/mol. The van der Waals surface area contributed by atoms with Crippen molar-refractivity contribution in [2.75, 3.05) is 7.05 Å². The number of hydrogen-bond acceptors (Lipinski definition) is 3. The minimum atomic E-state index is 0.441. The summed E-state index contributed by atoms with van der Waals surface area (Å²) in [5.41, 5.74) is 1.33. The summed E-state index contributed by atoms with van der Waals surface area (Å²) in [6, 6.07) is 2.61. The average Bonchev–Trinajstić information content (AvgIpc) is 2.97. The Morgan fingerprint density at radius 3 is 2.89 bits per heavy atom. The Bertz CT molecular complexity index is 485. The van der Waals surface area contributed by atoms with Crippen LogP contribution in [0.5, 0.6) is 0 Å². The lowest BCUT2D eigenvalue weighted by Crippen LogP contribution is -2.15. The zero-order valence-electron chi connectivity index (χ0n) is 11.3. The number of nitrogens with one attached hydrogen (secondary N) is 1. The summed E-state index contributed by atoms with van der Waals surface area (Å²) in [6.07, 6.45) is 8.22. The van der Waals surface area contributed by atoms with Crippen molar-refractivity contribution in [3.63, 3.8) is 0 Å². The van der Waals surface area contributed by atoms with E-state index < -0.39 is 0 Å². The molecule has 2 aromatic rings. The van der Waals surface area contributed by atoms with Gasteiger partial charge in [0.1, 0.15) is 12.2 Å². The summed E-state index contributed by atoms with van der Waals surface area (Å²) >= 11 is 0. The largest absolute Gasteiger partial charge is 0.346 e. The van der Waals surface area contributed by atoms with E-state index in [0.717, 1.165) is 18.8 Å². The van der Waals surface area contributed by atoms with Crippen LogP contribution in [-0.2, 0) is 13.6 Å². The number of aromatic nitrogens is 4. The lowest BCUT2D eigenvalue weighted by molar-refractivity contribution is 0.540. The predicted molar refractivity (Wildman–Crippen MR) is 71.2 cm³/mol. The van der Waals surface area contributed by atoms with Crippen LogP contribution in [0.1, 0.15) is 37.2 Å². The molecule has 2 aromatic heterocycles. The second kappa shape index (κ2) is 5.82. The average molecular weight is 247 g/mol. The molecule has 98 valence electrons. The minimum Gasteiger partial charge on any atom is -0.346 e. The highest BCUT2D eigenvalue weighted by molar-refractivity contribution is 5.16. The first-order valence-electron chi connectivity index (χ1n) is 6.40. The van der Waals surface area contributed by atoms with E-state index in [0.29, 0.717) is 6.04 Å². The fourth-order valence-electron chi connectivity index (χ4n) is 2.16. The SMILES string of the molecule is CCCC(NC)c1ccn(Cc2ncnn2C)c1. The molecule has 0 fully saturated rings. The predicted octanol–water partition coefficient (Wildman–Crippen LogP) is 1.73. The maximum atomic E-state index is 4.24. The molecule has 2 heterocycles. The van der Waals surface area contributed by atoms with Gasteiger partial charge in [0.05, 0.1) is 6.54 Å². The summed E-state index contributed by atoms with van der Waals surface area (Å²) in [6.45, 7) is 2.97. The molecular formula is C13H21N5. The molecule has 1 N–H and O–H groups in total. The molecule has 1 unspecified atom stereocenters. The zero-order chi connectivity index (χ0) is 13.0. The van der Waals surface area contributed by atoms with Gasteiger partial charge in [-0.1, -0.05) is 13.3 Å². The number of rotatable bonds is 6. The van der Waals surface area contributed by atoms with Gasteiger partial charge in [0.2, 0.25) is 0 Å². The standard InChI is InChI=1S/C13H21N5/c1-4-5-12(14-2)11-6-7-18(8-11)9-13-15-10-16-17(13)3/h6-8,10,12,14H,4-5,9H2,1-3H3. The van der Waals surface area contributed by atoms with Gasteiger partial charge in [-0.15, -0.1) is 0 Å². The number of hydrogen-bond donors (Lipinski definition) is 1. The van der Waals surface area contributed by atoms with Crippen LogP contribution in [0.25, 0.3) is 0 Å². The Morgan fingerprint density at radius 2 is 2.28 bits per heavy atom. The second-order valence-electron chi connectivity index (χ2n) is 4.55. The van der Waals surface area contributed by atoms with Gasteiger partial charge >= 0.3 is 0 Å². The van der Waals surface area contributed by atoms with E-state index in [9.17, 15) is 0 Å². The summed E-state index contributed by atoms with van der Waals surface area (Å²) < 4.78 is 3.96. The quantitative estimate of drug-likeness (QED) is 0.845. The topological polar surface area (TPSA) is 47.7 Å². The molecule has 1 atom stereocenters. The molecule has 0 amide bonds. The fraction of sp³-hybridized carbons (Fsp3) is 0.538. The van der Waals surface area contributed by atoms with Crippen molar-refractivity contribution in [1.82, 2.24) is 24.6 Å². The summed E-state index contributed by atoms with van der Waals surface area (Å²) in [4.78, 5) is 4.24. The molecule has 5 nitrogen and oxygen atoms in total. The van der Waals surface area contributed by atoms with E-state index in [4.69, 9.17) is 0 Å². The van der Waals surface area contributed by atoms with Gasteiger partial charge in [0.25, 0.3) is 0 Å². The lowest BCUT2D eigenvalue weighted by atomic mass is 10.1. The van der Waals surface area contributed by atoms with E-state index in [1.165, 1.54) is 12.0 Å². The van der Waals surface area contributed by atoms with E-state index in [1.807, 2.05) is 14.1 Å². The van der Waals surface area contributed by atoms with Crippen LogP contribution >= 0.6 is 0 Å². The molecule has 0 spiro atoms. The van der Waals surface area contributed by atoms with Crippen LogP contribution in [0.4, 0.5) is 0 Å². The molecule has 18 heavy (non-hydrogen) atoms. The third kappa shape index (κ3) is 2.79. The highest BCUT2D eigenvalue weighted by atomic mass is 15.3. The van der Waals surface area contributed by atoms with Gasteiger partial charge in [-0.2, -0.15) is 5.10 Å². The maximum absolute atomic E-state index is 4.24. The summed E-state index contributed by atoms with van der Waals surface area (Å²) in [7, 11) is 3.93. The molecule has 5 heteroatoms. The van der Waals surface area contributed by atoms with E-state index in [-0.39, 0.29) is 0 Å². The molecular weight excluding hydrogens is 226 g/mol. The normalized spacial score (nSPS) is 12.8. The van der Waals surface area contributed by atoms with Crippen molar-refractivity contribution < 1.29 is 0 Å². The smallest absolute Gasteiger partial charge is 0.146 e. The molecule has 0 saturated heterocycles. The third-order valence-electron chi connectivity index (χ3n) is 3.23. The van der Waals surface area contributed by atoms with Gasteiger partial charge in [0, 0.05) is 25.5 Å². The van der Waals surface area contributed by atoms with Gasteiger partial charge in [-0.25, -0.2) is 4.98 Å². The van der Waals surface area contributed by atoms with Crippen molar-refractivity contribution in [1.29, 1.82) is 0 Å². The van der Waals surface area contributed by atoms with Gasteiger partial charge in [0.15, 0.2) is 0 Å². The highest BCUT2D eigenvalue weighted by Gasteiger charge is 2.10. The third-order valence-corrected chi connectivity index (χ3v) is 3.23. The van der Waals surface area contributed by atoms with Crippen LogP contribution in [0.2, 0.25) is 0 Å². The Balaban J connectivity index is 2.08. The Kier molecular flexibility index (Phi) is 4.15. The van der Waals surface area contributed by atoms with Gasteiger partial charge in [-0.05, 0) is 25.1 Å². The summed E-state index contributed by atoms with van der Waals surface area (Å²) in [5.74, 6) is 0.966. The van der Waals surface area contributed by atoms with Crippen LogP contribution in [0, 0.1) is 0 Å². The van der Waals surface area contributed by atoms with E-state index >= 15 is 0 Å². The lowest BCUT2D eigenvalue weighted by Gasteiger charge is -2.13. The first kappa shape index (κ1) is 12.8. The van der Waals surface area contributed by atoms with Crippen molar-refractivity contribution in [3.8, 4) is 0 Å². The molecule has 0 radical (unpaired) electrons. The maximum Gasteiger partial charge on any atom is 0.146 e. The van der Waals surface area contributed by atoms with E-state index in [1.54, 1.807) is 11.0 Å². The zero-order valence-corrected chi connectivity index (χ0v) is 11.3. The second-order valence-corrected chi connectivity index (χ2v) is 4.55. The molecule has 0 aliphatic heterocycles. The van der Waals surface area contributed by atoms with Crippen LogP contribution in [0.3, 0.4) is 0 Å². The number of aryl methyl sites for hydroxylation is 1. The Labute approximate surface area is 108 Å². The molecule has 0 bridgehead atoms. The summed E-state index contributed by atoms with van der Waals surface area (Å²) in [5, 5.41) is 7.44. The first-order chi connectivity index (χ1) is 8.74. The molecule has 0 aromatic carbocycles. The van der Waals surface area contributed by atoms with Crippen LogP contribution in [0.15, 0.2) is 24.8 Å². The highest BCUT2D eigenvalue weighted by Crippen LogP contribution is 2.18. The van der Waals surface area contributed by atoms with Gasteiger partial charge < -0.3 is 9.88 Å². The van der Waals surface area contributed by atoms with E-state index in [2.05, 4.69) is 45.4 Å². The molecule has 0 aliphatic rings. The molecule has 2 rings (SSSR count).